The molecule has 0 aliphatic heterocycles. The Kier molecular flexibility index (Phi) is 9.59. The van der Waals surface area contributed by atoms with E-state index in [1.807, 2.05) is 36.4 Å². The zero-order valence-electron chi connectivity index (χ0n) is 24.7. The number of rotatable bonds is 10. The first kappa shape index (κ1) is 28.6. The van der Waals surface area contributed by atoms with Gasteiger partial charge in [-0.25, -0.2) is 0 Å². The summed E-state index contributed by atoms with van der Waals surface area (Å²) in [4.78, 5) is 4.85. The van der Waals surface area contributed by atoms with Crippen LogP contribution in [-0.2, 0) is 13.0 Å². The molecule has 0 aliphatic carbocycles. The van der Waals surface area contributed by atoms with Gasteiger partial charge in [0, 0.05) is 40.0 Å². The number of aryl methyl sites for hydroxylation is 3. The number of benzene rings is 4. The first-order valence-corrected chi connectivity index (χ1v) is 14.6. The van der Waals surface area contributed by atoms with Crippen LogP contribution in [0.15, 0.2) is 151 Å². The maximum Gasteiger partial charge on any atom is 0.0633 e. The number of allylic oxidation sites excluding steroid dienone is 7. The van der Waals surface area contributed by atoms with E-state index in [9.17, 15) is 0 Å². The van der Waals surface area contributed by atoms with Crippen molar-refractivity contribution in [3.8, 4) is 0 Å². The van der Waals surface area contributed by atoms with Crippen molar-refractivity contribution in [2.24, 2.45) is 4.99 Å². The summed E-state index contributed by atoms with van der Waals surface area (Å²) in [5.74, 6) is 0. The minimum absolute atomic E-state index is 0.956. The highest BCUT2D eigenvalue weighted by Gasteiger charge is 2.11. The van der Waals surface area contributed by atoms with E-state index in [2.05, 4.69) is 141 Å². The molecule has 0 amide bonds. The lowest BCUT2D eigenvalue weighted by Crippen LogP contribution is -2.03. The van der Waals surface area contributed by atoms with Crippen molar-refractivity contribution in [1.82, 2.24) is 4.57 Å². The maximum atomic E-state index is 4.85. The predicted octanol–water partition coefficient (Wildman–Crippen LogP) is 10.5. The van der Waals surface area contributed by atoms with Crippen LogP contribution in [0.5, 0.6) is 0 Å². The molecule has 2 nitrogen and oxygen atoms in total. The average molecular weight is 547 g/mol. The normalized spacial score (nSPS) is 12.8. The van der Waals surface area contributed by atoms with E-state index >= 15 is 0 Å². The summed E-state index contributed by atoms with van der Waals surface area (Å²) in [5, 5.41) is 1.29. The fourth-order valence-electron chi connectivity index (χ4n) is 5.25. The van der Waals surface area contributed by atoms with Gasteiger partial charge in [0.15, 0.2) is 0 Å². The lowest BCUT2D eigenvalue weighted by atomic mass is 10.0. The summed E-state index contributed by atoms with van der Waals surface area (Å²) in [6.45, 7) is 7.40. The van der Waals surface area contributed by atoms with Crippen LogP contribution in [0.2, 0.25) is 0 Å². The van der Waals surface area contributed by atoms with Gasteiger partial charge in [-0.2, -0.15) is 0 Å². The Hall–Kier alpha value is -4.95. The third-order valence-corrected chi connectivity index (χ3v) is 7.52. The van der Waals surface area contributed by atoms with Crippen molar-refractivity contribution in [3.63, 3.8) is 0 Å². The lowest BCUT2D eigenvalue weighted by Gasteiger charge is -2.09. The Morgan fingerprint density at radius 3 is 2.10 bits per heavy atom. The van der Waals surface area contributed by atoms with Crippen LogP contribution >= 0.6 is 0 Å². The Bertz CT molecular complexity index is 1760. The zero-order chi connectivity index (χ0) is 29.1. The zero-order valence-corrected chi connectivity index (χ0v) is 24.7. The van der Waals surface area contributed by atoms with Crippen molar-refractivity contribution < 1.29 is 0 Å². The van der Waals surface area contributed by atoms with Gasteiger partial charge < -0.3 is 4.57 Å². The standard InChI is InChI=1S/C40H38N2/c1-31-25-27-34(28-26-31)29-30-42-33(3)38(39-23-15-16-24-40(39)42)22-14-6-4-5-13-21-37(35-17-9-7-10-18-35)32(2)41-36-19-11-8-12-20-36/h4-28H,29-30H2,1-3H3/b6-4+,13-5+,22-14+,37-21+,41-32?. The van der Waals surface area contributed by atoms with Crippen LogP contribution in [0.1, 0.15) is 34.9 Å². The van der Waals surface area contributed by atoms with Gasteiger partial charge in [-0.1, -0.05) is 139 Å². The number of hydrogen-bond acceptors (Lipinski definition) is 1. The van der Waals surface area contributed by atoms with Crippen LogP contribution in [0.25, 0.3) is 22.6 Å². The third kappa shape index (κ3) is 7.21. The maximum absolute atomic E-state index is 4.85. The molecule has 0 saturated carbocycles. The third-order valence-electron chi connectivity index (χ3n) is 7.52. The Morgan fingerprint density at radius 1 is 0.690 bits per heavy atom. The van der Waals surface area contributed by atoms with Gasteiger partial charge in [0.25, 0.3) is 0 Å². The number of nitrogens with zero attached hydrogens (tertiary/aromatic N) is 2. The summed E-state index contributed by atoms with van der Waals surface area (Å²) < 4.78 is 2.45. The first-order valence-electron chi connectivity index (χ1n) is 14.6. The molecule has 0 saturated heterocycles. The van der Waals surface area contributed by atoms with Gasteiger partial charge in [0.05, 0.1) is 5.69 Å². The average Bonchev–Trinajstić information content (AvgIpc) is 3.29. The van der Waals surface area contributed by atoms with E-state index in [0.717, 1.165) is 35.5 Å². The SMILES string of the molecule is CC(=Nc1ccccc1)\C(=C/C=C/C=C/C=C/c1c(C)n(CCc2ccc(C)cc2)c2ccccc12)c1ccccc1. The van der Waals surface area contributed by atoms with Gasteiger partial charge in [-0.05, 0) is 56.5 Å². The van der Waals surface area contributed by atoms with Crippen LogP contribution in [0.4, 0.5) is 5.69 Å². The molecule has 42 heavy (non-hydrogen) atoms. The highest BCUT2D eigenvalue weighted by atomic mass is 15.0. The van der Waals surface area contributed by atoms with Crippen LogP contribution < -0.4 is 0 Å². The van der Waals surface area contributed by atoms with Crippen LogP contribution in [0.3, 0.4) is 0 Å². The molecule has 0 spiro atoms. The Balaban J connectivity index is 1.31. The Morgan fingerprint density at radius 2 is 1.33 bits per heavy atom. The van der Waals surface area contributed by atoms with Gasteiger partial charge in [-0.15, -0.1) is 0 Å². The van der Waals surface area contributed by atoms with Crippen molar-refractivity contribution in [3.05, 3.63) is 174 Å². The molecule has 2 heteroatoms. The van der Waals surface area contributed by atoms with E-state index in [0.29, 0.717) is 0 Å². The smallest absolute Gasteiger partial charge is 0.0633 e. The summed E-state index contributed by atoms with van der Waals surface area (Å²) in [6.07, 6.45) is 15.8. The number of aliphatic imine (C=N–C) groups is 1. The second-order valence-corrected chi connectivity index (χ2v) is 10.5. The summed E-state index contributed by atoms with van der Waals surface area (Å²) >= 11 is 0. The molecule has 0 aliphatic rings. The largest absolute Gasteiger partial charge is 0.344 e. The molecule has 1 aromatic heterocycles. The topological polar surface area (TPSA) is 17.3 Å². The number of aromatic nitrogens is 1. The van der Waals surface area contributed by atoms with E-state index < -0.39 is 0 Å². The first-order chi connectivity index (χ1) is 20.6. The van der Waals surface area contributed by atoms with Gasteiger partial charge in [-0.3, -0.25) is 4.99 Å². The monoisotopic (exact) mass is 546 g/mol. The second-order valence-electron chi connectivity index (χ2n) is 10.5. The summed E-state index contributed by atoms with van der Waals surface area (Å²) in [7, 11) is 0. The second kappa shape index (κ2) is 14.1. The molecule has 5 rings (SSSR count). The summed E-state index contributed by atoms with van der Waals surface area (Å²) in [5.41, 5.74) is 10.7. The molecule has 0 bridgehead atoms. The molecule has 0 radical (unpaired) electrons. The van der Waals surface area contributed by atoms with E-state index in [1.54, 1.807) is 0 Å². The van der Waals surface area contributed by atoms with Crippen molar-refractivity contribution >= 4 is 34.0 Å². The number of para-hydroxylation sites is 2. The van der Waals surface area contributed by atoms with E-state index in [4.69, 9.17) is 4.99 Å². The Labute approximate surface area is 250 Å². The van der Waals surface area contributed by atoms with Gasteiger partial charge in [0.2, 0.25) is 0 Å². The molecule has 208 valence electrons. The van der Waals surface area contributed by atoms with E-state index in [-0.39, 0.29) is 0 Å². The fourth-order valence-corrected chi connectivity index (χ4v) is 5.25. The quantitative estimate of drug-likeness (QED) is 0.122. The van der Waals surface area contributed by atoms with Crippen molar-refractivity contribution in [1.29, 1.82) is 0 Å². The number of fused-ring (bicyclic) bond motifs is 1. The van der Waals surface area contributed by atoms with Crippen LogP contribution in [0, 0.1) is 13.8 Å². The molecule has 0 fully saturated rings. The molecular weight excluding hydrogens is 508 g/mol. The highest BCUT2D eigenvalue weighted by Crippen LogP contribution is 2.27. The number of hydrogen-bond donors (Lipinski definition) is 0. The van der Waals surface area contributed by atoms with Crippen molar-refractivity contribution in [2.75, 3.05) is 0 Å². The highest BCUT2D eigenvalue weighted by molar-refractivity contribution is 6.23. The van der Waals surface area contributed by atoms with E-state index in [1.165, 1.54) is 33.3 Å². The van der Waals surface area contributed by atoms with Gasteiger partial charge >= 0.3 is 0 Å². The fraction of sp³-hybridized carbons (Fsp3) is 0.125. The predicted molar refractivity (Wildman–Crippen MR) is 183 cm³/mol. The minimum atomic E-state index is 0.956. The molecule has 1 heterocycles. The molecule has 0 unspecified atom stereocenters. The van der Waals surface area contributed by atoms with Gasteiger partial charge in [0.1, 0.15) is 0 Å². The minimum Gasteiger partial charge on any atom is -0.344 e. The molecule has 0 atom stereocenters. The van der Waals surface area contributed by atoms with Crippen molar-refractivity contribution in [2.45, 2.75) is 33.7 Å². The summed E-state index contributed by atoms with van der Waals surface area (Å²) in [6, 6.07) is 38.1. The lowest BCUT2D eigenvalue weighted by molar-refractivity contribution is 0.702. The molecule has 5 aromatic rings. The molecule has 0 N–H and O–H groups in total. The molecular formula is C40H38N2. The van der Waals surface area contributed by atoms with Crippen LogP contribution in [-0.4, -0.2) is 10.3 Å². The molecule has 4 aromatic carbocycles.